The summed E-state index contributed by atoms with van der Waals surface area (Å²) in [5, 5.41) is 11.5. The largest absolute Gasteiger partial charge is 0.315 e. The number of nitriles is 1. The van der Waals surface area contributed by atoms with Crippen LogP contribution in [0.4, 0.5) is 0 Å². The zero-order chi connectivity index (χ0) is 11.2. The van der Waals surface area contributed by atoms with Crippen molar-refractivity contribution >= 4 is 0 Å². The monoisotopic (exact) mass is 208 g/mol. The molecule has 0 rings (SSSR count). The van der Waals surface area contributed by atoms with Gasteiger partial charge in [-0.3, -0.25) is 0 Å². The summed E-state index contributed by atoms with van der Waals surface area (Å²) in [7, 11) is 0. The average Bonchev–Trinajstić information content (AvgIpc) is 2.26. The molecule has 0 aliphatic rings. The Morgan fingerprint density at radius 3 is 2.60 bits per heavy atom. The van der Waals surface area contributed by atoms with E-state index >= 15 is 0 Å². The Bertz CT molecular complexity index is 179. The normalized spacial score (nSPS) is 10.7. The van der Waals surface area contributed by atoms with Gasteiger partial charge in [0.05, 0.1) is 6.07 Å². The molecule has 0 radical (unpaired) electrons. The van der Waals surface area contributed by atoms with Gasteiger partial charge in [-0.15, -0.1) is 0 Å². The highest BCUT2D eigenvalue weighted by molar-refractivity contribution is 4.82. The molecule has 0 aliphatic carbocycles. The molecule has 0 saturated heterocycles. The number of nitrogens with zero attached hydrogens (tertiary/aromatic N) is 1. The average molecular weight is 208 g/mol. The van der Waals surface area contributed by atoms with Crippen LogP contribution in [0.5, 0.6) is 0 Å². The van der Waals surface area contributed by atoms with Crippen molar-refractivity contribution in [2.75, 3.05) is 13.1 Å². The van der Waals surface area contributed by atoms with Crippen molar-refractivity contribution in [3.8, 4) is 6.07 Å². The van der Waals surface area contributed by atoms with Gasteiger partial charge >= 0.3 is 0 Å². The van der Waals surface area contributed by atoms with E-state index in [-0.39, 0.29) is 0 Å². The Kier molecular flexibility index (Phi) is 12.5. The lowest BCUT2D eigenvalue weighted by Gasteiger charge is -1.97. The molecule has 0 unspecified atom stereocenters. The molecule has 15 heavy (non-hydrogen) atoms. The molecule has 0 aromatic carbocycles. The molecule has 0 heterocycles. The fraction of sp³-hybridized carbons (Fsp3) is 0.769. The van der Waals surface area contributed by atoms with Crippen LogP contribution in [0.1, 0.15) is 51.9 Å². The van der Waals surface area contributed by atoms with Crippen LogP contribution in [0.25, 0.3) is 0 Å². The standard InChI is InChI=1S/C13H24N2/c1-2-3-4-5-6-7-8-9-12-15-13-10-11-14/h7-8,15H,2-6,9-10,12-13H2,1H3/b8-7+. The van der Waals surface area contributed by atoms with Gasteiger partial charge in [-0.2, -0.15) is 5.26 Å². The van der Waals surface area contributed by atoms with E-state index in [0.29, 0.717) is 6.42 Å². The minimum Gasteiger partial charge on any atom is -0.315 e. The van der Waals surface area contributed by atoms with E-state index in [1.165, 1.54) is 32.1 Å². The fourth-order valence-electron chi connectivity index (χ4n) is 1.38. The van der Waals surface area contributed by atoms with Crippen LogP contribution < -0.4 is 5.32 Å². The highest BCUT2D eigenvalue weighted by atomic mass is 14.8. The molecular formula is C13H24N2. The second kappa shape index (κ2) is 13.2. The Hall–Kier alpha value is -0.810. The van der Waals surface area contributed by atoms with Crippen molar-refractivity contribution < 1.29 is 0 Å². The molecule has 2 heteroatoms. The summed E-state index contributed by atoms with van der Waals surface area (Å²) in [5.74, 6) is 0. The van der Waals surface area contributed by atoms with Gasteiger partial charge in [-0.05, 0) is 25.8 Å². The number of nitrogens with one attached hydrogen (secondary N) is 1. The lowest BCUT2D eigenvalue weighted by Crippen LogP contribution is -2.15. The van der Waals surface area contributed by atoms with E-state index in [1.807, 2.05) is 0 Å². The maximum absolute atomic E-state index is 8.31. The summed E-state index contributed by atoms with van der Waals surface area (Å²) in [4.78, 5) is 0. The van der Waals surface area contributed by atoms with Gasteiger partial charge in [0.15, 0.2) is 0 Å². The van der Waals surface area contributed by atoms with Crippen LogP contribution in [-0.2, 0) is 0 Å². The molecule has 1 N–H and O–H groups in total. The lowest BCUT2D eigenvalue weighted by molar-refractivity contribution is 0.671. The number of allylic oxidation sites excluding steroid dienone is 1. The van der Waals surface area contributed by atoms with Crippen molar-refractivity contribution in [2.24, 2.45) is 0 Å². The number of rotatable bonds is 10. The van der Waals surface area contributed by atoms with Crippen molar-refractivity contribution in [3.63, 3.8) is 0 Å². The smallest absolute Gasteiger partial charge is 0.0635 e. The van der Waals surface area contributed by atoms with E-state index in [4.69, 9.17) is 5.26 Å². The third-order valence-corrected chi connectivity index (χ3v) is 2.29. The van der Waals surface area contributed by atoms with Crippen LogP contribution in [0.15, 0.2) is 12.2 Å². The highest BCUT2D eigenvalue weighted by Crippen LogP contribution is 2.02. The fourth-order valence-corrected chi connectivity index (χ4v) is 1.38. The number of hydrogen-bond acceptors (Lipinski definition) is 2. The summed E-state index contributed by atoms with van der Waals surface area (Å²) in [6, 6.07) is 2.12. The summed E-state index contributed by atoms with van der Waals surface area (Å²) in [6.07, 6.45) is 12.8. The first kappa shape index (κ1) is 14.2. The van der Waals surface area contributed by atoms with E-state index in [2.05, 4.69) is 30.5 Å². The third-order valence-electron chi connectivity index (χ3n) is 2.29. The van der Waals surface area contributed by atoms with E-state index in [9.17, 15) is 0 Å². The number of unbranched alkanes of at least 4 members (excludes halogenated alkanes) is 4. The van der Waals surface area contributed by atoms with Gasteiger partial charge in [0.1, 0.15) is 0 Å². The van der Waals surface area contributed by atoms with Crippen LogP contribution >= 0.6 is 0 Å². The topological polar surface area (TPSA) is 35.8 Å². The first-order valence-electron chi connectivity index (χ1n) is 6.14. The maximum Gasteiger partial charge on any atom is 0.0635 e. The van der Waals surface area contributed by atoms with Crippen LogP contribution in [-0.4, -0.2) is 13.1 Å². The molecule has 0 spiro atoms. The zero-order valence-electron chi connectivity index (χ0n) is 9.97. The Morgan fingerprint density at radius 1 is 1.07 bits per heavy atom. The maximum atomic E-state index is 8.31. The van der Waals surface area contributed by atoms with Crippen molar-refractivity contribution in [1.29, 1.82) is 5.26 Å². The quantitative estimate of drug-likeness (QED) is 0.441. The summed E-state index contributed by atoms with van der Waals surface area (Å²) in [6.45, 7) is 4.05. The van der Waals surface area contributed by atoms with Crippen LogP contribution in [0.2, 0.25) is 0 Å². The molecule has 0 fully saturated rings. The van der Waals surface area contributed by atoms with E-state index in [1.54, 1.807) is 0 Å². The van der Waals surface area contributed by atoms with Gasteiger partial charge in [0.25, 0.3) is 0 Å². The SMILES string of the molecule is CCCCCC/C=C/CCNCCC#N. The predicted octanol–water partition coefficient (Wildman–Crippen LogP) is 3.41. The minimum absolute atomic E-state index is 0.612. The molecule has 0 amide bonds. The molecule has 0 atom stereocenters. The van der Waals surface area contributed by atoms with E-state index in [0.717, 1.165) is 19.5 Å². The molecule has 0 aliphatic heterocycles. The Labute approximate surface area is 94.4 Å². The molecular weight excluding hydrogens is 184 g/mol. The molecule has 0 bridgehead atoms. The van der Waals surface area contributed by atoms with Crippen LogP contribution in [0.3, 0.4) is 0 Å². The first-order chi connectivity index (χ1) is 7.41. The van der Waals surface area contributed by atoms with E-state index < -0.39 is 0 Å². The molecule has 0 aromatic heterocycles. The predicted molar refractivity (Wildman–Crippen MR) is 65.6 cm³/mol. The Balaban J connectivity index is 3.01. The van der Waals surface area contributed by atoms with Crippen molar-refractivity contribution in [2.45, 2.75) is 51.9 Å². The second-order valence-corrected chi connectivity index (χ2v) is 3.77. The summed E-state index contributed by atoms with van der Waals surface area (Å²) >= 11 is 0. The second-order valence-electron chi connectivity index (χ2n) is 3.77. The summed E-state index contributed by atoms with van der Waals surface area (Å²) < 4.78 is 0. The van der Waals surface area contributed by atoms with Gasteiger partial charge in [-0.25, -0.2) is 0 Å². The Morgan fingerprint density at radius 2 is 1.87 bits per heavy atom. The molecule has 86 valence electrons. The zero-order valence-corrected chi connectivity index (χ0v) is 9.97. The first-order valence-corrected chi connectivity index (χ1v) is 6.14. The minimum atomic E-state index is 0.612. The molecule has 0 aromatic rings. The van der Waals surface area contributed by atoms with Crippen molar-refractivity contribution in [3.05, 3.63) is 12.2 Å². The number of hydrogen-bond donors (Lipinski definition) is 1. The third kappa shape index (κ3) is 13.2. The molecule has 2 nitrogen and oxygen atoms in total. The van der Waals surface area contributed by atoms with Gasteiger partial charge in [0, 0.05) is 13.0 Å². The van der Waals surface area contributed by atoms with Crippen LogP contribution in [0, 0.1) is 11.3 Å². The van der Waals surface area contributed by atoms with Crippen molar-refractivity contribution in [1.82, 2.24) is 5.32 Å². The summed E-state index contributed by atoms with van der Waals surface area (Å²) in [5.41, 5.74) is 0. The van der Waals surface area contributed by atoms with Gasteiger partial charge in [-0.1, -0.05) is 38.3 Å². The van der Waals surface area contributed by atoms with Gasteiger partial charge < -0.3 is 5.32 Å². The van der Waals surface area contributed by atoms with Gasteiger partial charge in [0.2, 0.25) is 0 Å². The highest BCUT2D eigenvalue weighted by Gasteiger charge is 1.85. The lowest BCUT2D eigenvalue weighted by atomic mass is 10.1. The molecule has 0 saturated carbocycles.